The molecule has 0 saturated carbocycles. The highest BCUT2D eigenvalue weighted by Crippen LogP contribution is 2.23. The molecule has 0 aromatic heterocycles. The number of carbonyl (C=O) groups excluding carboxylic acids is 2. The Morgan fingerprint density at radius 3 is 2.89 bits per heavy atom. The van der Waals surface area contributed by atoms with Crippen LogP contribution in [-0.4, -0.2) is 34.9 Å². The van der Waals surface area contributed by atoms with E-state index < -0.39 is 6.04 Å². The zero-order valence-electron chi connectivity index (χ0n) is 10.0. The number of aromatic hydroxyl groups is 1. The molecule has 1 saturated heterocycles. The summed E-state index contributed by atoms with van der Waals surface area (Å²) >= 11 is 0. The Kier molecular flexibility index (Phi) is 3.82. The van der Waals surface area contributed by atoms with Gasteiger partial charge in [0.25, 0.3) is 0 Å². The number of phenols is 1. The van der Waals surface area contributed by atoms with E-state index in [-0.39, 0.29) is 11.7 Å². The van der Waals surface area contributed by atoms with Gasteiger partial charge in [0.1, 0.15) is 11.8 Å². The molecule has 0 radical (unpaired) electrons. The molecule has 2 N–H and O–H groups in total. The molecule has 0 aliphatic carbocycles. The van der Waals surface area contributed by atoms with Crippen LogP contribution < -0.4 is 5.32 Å². The maximum Gasteiger partial charge on any atom is 0.247 e. The molecule has 0 unspecified atom stereocenters. The van der Waals surface area contributed by atoms with Crippen molar-refractivity contribution in [3.63, 3.8) is 0 Å². The number of phenolic OH excluding ortho intramolecular Hbond substituents is 1. The van der Waals surface area contributed by atoms with E-state index in [1.807, 2.05) is 0 Å². The van der Waals surface area contributed by atoms with E-state index >= 15 is 0 Å². The molecule has 2 rings (SSSR count). The molecule has 96 valence electrons. The van der Waals surface area contributed by atoms with E-state index in [1.54, 1.807) is 18.2 Å². The van der Waals surface area contributed by atoms with Crippen molar-refractivity contribution in [2.45, 2.75) is 25.3 Å². The van der Waals surface area contributed by atoms with Gasteiger partial charge in [-0.1, -0.05) is 12.1 Å². The summed E-state index contributed by atoms with van der Waals surface area (Å²) in [4.78, 5) is 24.5. The summed E-state index contributed by atoms with van der Waals surface area (Å²) in [6, 6.07) is 6.11. The van der Waals surface area contributed by atoms with E-state index in [2.05, 4.69) is 5.32 Å². The number of nitrogens with zero attached hydrogens (tertiary/aromatic N) is 1. The van der Waals surface area contributed by atoms with Crippen molar-refractivity contribution >= 4 is 18.0 Å². The monoisotopic (exact) mass is 248 g/mol. The van der Waals surface area contributed by atoms with Crippen molar-refractivity contribution in [3.8, 4) is 5.75 Å². The largest absolute Gasteiger partial charge is 0.506 e. The third-order valence-corrected chi connectivity index (χ3v) is 3.14. The van der Waals surface area contributed by atoms with Crippen LogP contribution in [0, 0.1) is 0 Å². The maximum atomic E-state index is 12.1. The van der Waals surface area contributed by atoms with Gasteiger partial charge in [0.05, 0.1) is 5.69 Å². The van der Waals surface area contributed by atoms with Gasteiger partial charge >= 0.3 is 0 Å². The Morgan fingerprint density at radius 1 is 1.39 bits per heavy atom. The first-order chi connectivity index (χ1) is 8.72. The lowest BCUT2D eigenvalue weighted by molar-refractivity contribution is -0.131. The zero-order valence-corrected chi connectivity index (χ0v) is 10.0. The van der Waals surface area contributed by atoms with E-state index in [1.165, 1.54) is 11.0 Å². The molecule has 18 heavy (non-hydrogen) atoms. The van der Waals surface area contributed by atoms with Crippen molar-refractivity contribution in [3.05, 3.63) is 24.3 Å². The Labute approximate surface area is 105 Å². The summed E-state index contributed by atoms with van der Waals surface area (Å²) in [7, 11) is 0. The molecule has 1 heterocycles. The molecule has 1 aromatic carbocycles. The number of anilines is 1. The third kappa shape index (κ3) is 2.61. The van der Waals surface area contributed by atoms with Crippen LogP contribution in [0.25, 0.3) is 0 Å². The van der Waals surface area contributed by atoms with Crippen molar-refractivity contribution in [1.82, 2.24) is 4.90 Å². The lowest BCUT2D eigenvalue weighted by Gasteiger charge is -2.31. The first-order valence-corrected chi connectivity index (χ1v) is 6.02. The Balaban J connectivity index is 2.07. The summed E-state index contributed by atoms with van der Waals surface area (Å²) in [6.07, 6.45) is 3.24. The summed E-state index contributed by atoms with van der Waals surface area (Å²) < 4.78 is 0. The van der Waals surface area contributed by atoms with Crippen molar-refractivity contribution in [2.75, 3.05) is 11.9 Å². The number of likely N-dealkylation sites (tertiary alicyclic amines) is 1. The number of piperidine rings is 1. The molecular weight excluding hydrogens is 232 g/mol. The second kappa shape index (κ2) is 5.53. The highest BCUT2D eigenvalue weighted by molar-refractivity contribution is 5.96. The molecule has 1 aromatic rings. The van der Waals surface area contributed by atoms with Crippen LogP contribution in [0.1, 0.15) is 19.3 Å². The van der Waals surface area contributed by atoms with Gasteiger partial charge in [-0.3, -0.25) is 9.59 Å². The molecule has 0 bridgehead atoms. The van der Waals surface area contributed by atoms with Crippen molar-refractivity contribution < 1.29 is 14.7 Å². The number of nitrogens with one attached hydrogen (secondary N) is 1. The van der Waals surface area contributed by atoms with Gasteiger partial charge in [-0.15, -0.1) is 0 Å². The second-order valence-electron chi connectivity index (χ2n) is 4.36. The summed E-state index contributed by atoms with van der Waals surface area (Å²) in [6.45, 7) is 0.613. The highest BCUT2D eigenvalue weighted by atomic mass is 16.3. The molecule has 1 aliphatic rings. The van der Waals surface area contributed by atoms with Crippen molar-refractivity contribution in [1.29, 1.82) is 0 Å². The lowest BCUT2D eigenvalue weighted by Crippen LogP contribution is -2.46. The van der Waals surface area contributed by atoms with Crippen molar-refractivity contribution in [2.24, 2.45) is 0 Å². The van der Waals surface area contributed by atoms with Crippen LogP contribution in [0.5, 0.6) is 5.75 Å². The van der Waals surface area contributed by atoms with Crippen LogP contribution in [-0.2, 0) is 9.59 Å². The number of hydrogen-bond acceptors (Lipinski definition) is 3. The van der Waals surface area contributed by atoms with Crippen LogP contribution in [0.4, 0.5) is 5.69 Å². The fourth-order valence-corrected chi connectivity index (χ4v) is 2.16. The molecule has 1 atom stereocenters. The Hall–Kier alpha value is -2.04. The summed E-state index contributed by atoms with van der Waals surface area (Å²) in [5.41, 5.74) is 0.374. The fourth-order valence-electron chi connectivity index (χ4n) is 2.16. The SMILES string of the molecule is O=CN1CCCC[C@H]1C(=O)Nc1ccccc1O. The van der Waals surface area contributed by atoms with Gasteiger partial charge in [0.15, 0.2) is 0 Å². The topological polar surface area (TPSA) is 69.6 Å². The molecule has 0 spiro atoms. The number of benzene rings is 1. The minimum Gasteiger partial charge on any atom is -0.506 e. The fraction of sp³-hybridized carbons (Fsp3) is 0.385. The number of para-hydroxylation sites is 2. The number of amides is 2. The minimum atomic E-state index is -0.434. The summed E-state index contributed by atoms with van der Waals surface area (Å²) in [5.74, 6) is -0.220. The van der Waals surface area contributed by atoms with Gasteiger partial charge in [0, 0.05) is 6.54 Å². The van der Waals surface area contributed by atoms with E-state index in [9.17, 15) is 14.7 Å². The molecular formula is C13H16N2O3. The molecule has 1 aliphatic heterocycles. The number of rotatable bonds is 3. The van der Waals surface area contributed by atoms with Crippen LogP contribution in [0.15, 0.2) is 24.3 Å². The van der Waals surface area contributed by atoms with Gasteiger partial charge in [-0.05, 0) is 31.4 Å². The average molecular weight is 248 g/mol. The van der Waals surface area contributed by atoms with Crippen LogP contribution >= 0.6 is 0 Å². The minimum absolute atomic E-state index is 0.0271. The second-order valence-corrected chi connectivity index (χ2v) is 4.36. The van der Waals surface area contributed by atoms with Gasteiger partial charge in [-0.2, -0.15) is 0 Å². The number of carbonyl (C=O) groups is 2. The quantitative estimate of drug-likeness (QED) is 0.626. The van der Waals surface area contributed by atoms with E-state index in [0.29, 0.717) is 25.1 Å². The molecule has 5 nitrogen and oxygen atoms in total. The predicted molar refractivity (Wildman–Crippen MR) is 67.1 cm³/mol. The van der Waals surface area contributed by atoms with Gasteiger partial charge in [0.2, 0.25) is 12.3 Å². The van der Waals surface area contributed by atoms with E-state index in [4.69, 9.17) is 0 Å². The predicted octanol–water partition coefficient (Wildman–Crippen LogP) is 1.34. The summed E-state index contributed by atoms with van der Waals surface area (Å²) in [5, 5.41) is 12.2. The third-order valence-electron chi connectivity index (χ3n) is 3.14. The van der Waals surface area contributed by atoms with Crippen LogP contribution in [0.2, 0.25) is 0 Å². The van der Waals surface area contributed by atoms with Gasteiger partial charge < -0.3 is 15.3 Å². The first kappa shape index (κ1) is 12.4. The molecule has 1 fully saturated rings. The zero-order chi connectivity index (χ0) is 13.0. The lowest BCUT2D eigenvalue weighted by atomic mass is 10.0. The standard InChI is InChI=1S/C13H16N2O3/c16-9-15-8-4-3-6-11(15)13(18)14-10-5-1-2-7-12(10)17/h1-2,5,7,9,11,17H,3-4,6,8H2,(H,14,18)/t11-/m0/s1. The Morgan fingerprint density at radius 2 is 2.17 bits per heavy atom. The number of hydrogen-bond donors (Lipinski definition) is 2. The normalized spacial score (nSPS) is 19.3. The van der Waals surface area contributed by atoms with Crippen LogP contribution in [0.3, 0.4) is 0 Å². The average Bonchev–Trinajstić information content (AvgIpc) is 2.41. The maximum absolute atomic E-state index is 12.1. The molecule has 5 heteroatoms. The molecule has 2 amide bonds. The van der Waals surface area contributed by atoms with E-state index in [0.717, 1.165) is 12.8 Å². The smallest absolute Gasteiger partial charge is 0.247 e. The highest BCUT2D eigenvalue weighted by Gasteiger charge is 2.27. The Bertz CT molecular complexity index is 448. The first-order valence-electron chi connectivity index (χ1n) is 6.02. The van der Waals surface area contributed by atoms with Gasteiger partial charge in [-0.25, -0.2) is 0 Å².